The summed E-state index contributed by atoms with van der Waals surface area (Å²) in [5.41, 5.74) is -0.626. The van der Waals surface area contributed by atoms with Gasteiger partial charge < -0.3 is 4.90 Å². The normalized spacial score (nSPS) is 24.0. The van der Waals surface area contributed by atoms with Gasteiger partial charge in [0, 0.05) is 36.6 Å². The van der Waals surface area contributed by atoms with E-state index in [0.717, 1.165) is 25.1 Å². The Morgan fingerprint density at radius 1 is 1.26 bits per heavy atom. The first kappa shape index (κ1) is 19.5. The molecule has 0 radical (unpaired) electrons. The van der Waals surface area contributed by atoms with Gasteiger partial charge in [0.2, 0.25) is 5.91 Å². The third-order valence-electron chi connectivity index (χ3n) is 6.22. The van der Waals surface area contributed by atoms with E-state index in [-0.39, 0.29) is 23.6 Å². The first-order chi connectivity index (χ1) is 14.8. The van der Waals surface area contributed by atoms with Crippen LogP contribution in [0, 0.1) is 28.6 Å². The predicted octanol–water partition coefficient (Wildman–Crippen LogP) is 3.71. The summed E-state index contributed by atoms with van der Waals surface area (Å²) in [7, 11) is 0. The van der Waals surface area contributed by atoms with Crippen LogP contribution in [0.2, 0.25) is 0 Å². The van der Waals surface area contributed by atoms with Crippen LogP contribution in [0.15, 0.2) is 36.8 Å². The summed E-state index contributed by atoms with van der Waals surface area (Å²) < 4.78 is 40.6. The second-order valence-electron chi connectivity index (χ2n) is 8.11. The quantitative estimate of drug-likeness (QED) is 0.637. The minimum absolute atomic E-state index is 0.0729. The van der Waals surface area contributed by atoms with Crippen molar-refractivity contribution in [1.82, 2.24) is 19.6 Å². The summed E-state index contributed by atoms with van der Waals surface area (Å²) in [6.07, 6.45) is 1.25. The first-order valence-electron chi connectivity index (χ1n) is 9.87. The number of rotatable bonds is 3. The zero-order valence-electron chi connectivity index (χ0n) is 16.5. The van der Waals surface area contributed by atoms with Crippen molar-refractivity contribution in [2.24, 2.45) is 17.3 Å². The zero-order valence-corrected chi connectivity index (χ0v) is 16.5. The Balaban J connectivity index is 1.58. The molecule has 5 rings (SSSR count). The highest BCUT2D eigenvalue weighted by atomic mass is 19.4. The van der Waals surface area contributed by atoms with Gasteiger partial charge in [-0.05, 0) is 37.0 Å². The van der Waals surface area contributed by atoms with Gasteiger partial charge in [-0.2, -0.15) is 23.5 Å². The number of nitrogens with zero attached hydrogens (tertiary/aromatic N) is 6. The van der Waals surface area contributed by atoms with Gasteiger partial charge >= 0.3 is 6.18 Å². The van der Waals surface area contributed by atoms with Gasteiger partial charge in [0.05, 0.1) is 17.3 Å². The van der Waals surface area contributed by atoms with Crippen molar-refractivity contribution in [3.8, 4) is 17.5 Å². The van der Waals surface area contributed by atoms with E-state index in [4.69, 9.17) is 0 Å². The highest BCUT2D eigenvalue weighted by molar-refractivity contribution is 6.05. The maximum atomic E-state index is 13.4. The molecule has 158 valence electrons. The molecule has 2 atom stereocenters. The number of carbonyl (C=O) groups is 1. The van der Waals surface area contributed by atoms with Crippen LogP contribution < -0.4 is 4.90 Å². The third-order valence-corrected chi connectivity index (χ3v) is 6.22. The Morgan fingerprint density at radius 2 is 2.03 bits per heavy atom. The van der Waals surface area contributed by atoms with E-state index in [1.165, 1.54) is 16.9 Å². The van der Waals surface area contributed by atoms with Crippen LogP contribution in [0.1, 0.15) is 25.5 Å². The zero-order chi connectivity index (χ0) is 22.0. The van der Waals surface area contributed by atoms with Gasteiger partial charge in [0.25, 0.3) is 0 Å². The van der Waals surface area contributed by atoms with E-state index in [2.05, 4.69) is 21.1 Å². The second-order valence-corrected chi connectivity index (χ2v) is 8.11. The summed E-state index contributed by atoms with van der Waals surface area (Å²) in [6, 6.07) is 6.40. The number of fused-ring (bicyclic) bond motifs is 1. The average molecular weight is 426 g/mol. The van der Waals surface area contributed by atoms with E-state index in [0.29, 0.717) is 23.3 Å². The van der Waals surface area contributed by atoms with Gasteiger partial charge in [0.15, 0.2) is 5.82 Å². The average Bonchev–Trinajstić information content (AvgIpc) is 3.43. The number of anilines is 1. The van der Waals surface area contributed by atoms with Crippen LogP contribution in [0.25, 0.3) is 16.9 Å². The lowest BCUT2D eigenvalue weighted by Crippen LogP contribution is -2.37. The fourth-order valence-electron chi connectivity index (χ4n) is 4.51. The lowest BCUT2D eigenvalue weighted by Gasteiger charge is -2.23. The molecule has 1 amide bonds. The number of aromatic nitrogens is 4. The highest BCUT2D eigenvalue weighted by Gasteiger charge is 2.61. The minimum atomic E-state index is -4.58. The fourth-order valence-corrected chi connectivity index (χ4v) is 4.51. The van der Waals surface area contributed by atoms with Crippen LogP contribution in [0.5, 0.6) is 0 Å². The molecular formula is C21H17F3N6O. The predicted molar refractivity (Wildman–Crippen MR) is 104 cm³/mol. The monoisotopic (exact) mass is 426 g/mol. The number of carbonyl (C=O) groups excluding carboxylic acids is 1. The molecule has 1 aliphatic heterocycles. The largest absolute Gasteiger partial charge is 0.433 e. The van der Waals surface area contributed by atoms with E-state index >= 15 is 0 Å². The van der Waals surface area contributed by atoms with Crippen LogP contribution in [-0.2, 0) is 11.0 Å². The topological polar surface area (TPSA) is 87.2 Å². The number of nitriles is 1. The SMILES string of the molecule is C[C@@H]1CN(c2ccnn3cc(-c4nccc(C(F)(F)F)n4)cc23)C(=O)[C@]1(C#N)C1CC1. The molecule has 2 aliphatic rings. The molecule has 1 saturated heterocycles. The molecule has 1 saturated carbocycles. The number of hydrogen-bond acceptors (Lipinski definition) is 5. The Bertz CT molecular complexity index is 1240. The summed E-state index contributed by atoms with van der Waals surface area (Å²) in [4.78, 5) is 22.5. The maximum Gasteiger partial charge on any atom is 0.433 e. The number of hydrogen-bond donors (Lipinski definition) is 0. The molecule has 0 bridgehead atoms. The van der Waals surface area contributed by atoms with Gasteiger partial charge in [-0.25, -0.2) is 14.5 Å². The Kier molecular flexibility index (Phi) is 4.09. The maximum absolute atomic E-state index is 13.4. The molecule has 0 aromatic carbocycles. The number of amides is 1. The van der Waals surface area contributed by atoms with Crippen molar-refractivity contribution < 1.29 is 18.0 Å². The molecule has 4 heterocycles. The van der Waals surface area contributed by atoms with Crippen molar-refractivity contribution in [3.05, 3.63) is 42.5 Å². The summed E-state index contributed by atoms with van der Waals surface area (Å²) >= 11 is 0. The van der Waals surface area contributed by atoms with Crippen LogP contribution >= 0.6 is 0 Å². The smallest absolute Gasteiger partial charge is 0.309 e. The van der Waals surface area contributed by atoms with E-state index in [1.807, 2.05) is 6.92 Å². The molecular weight excluding hydrogens is 409 g/mol. The highest BCUT2D eigenvalue weighted by Crippen LogP contribution is 2.54. The van der Waals surface area contributed by atoms with Crippen LogP contribution in [0.4, 0.5) is 18.9 Å². The molecule has 7 nitrogen and oxygen atoms in total. The lowest BCUT2D eigenvalue weighted by atomic mass is 9.75. The minimum Gasteiger partial charge on any atom is -0.309 e. The van der Waals surface area contributed by atoms with Gasteiger partial charge in [-0.1, -0.05) is 6.92 Å². The molecule has 0 unspecified atom stereocenters. The van der Waals surface area contributed by atoms with Crippen LogP contribution in [-0.4, -0.2) is 32.0 Å². The molecule has 3 aromatic heterocycles. The van der Waals surface area contributed by atoms with Crippen molar-refractivity contribution in [3.63, 3.8) is 0 Å². The molecule has 0 N–H and O–H groups in total. The van der Waals surface area contributed by atoms with Crippen LogP contribution in [0.3, 0.4) is 0 Å². The Morgan fingerprint density at radius 3 is 2.71 bits per heavy atom. The second kappa shape index (κ2) is 6.51. The number of alkyl halides is 3. The lowest BCUT2D eigenvalue weighted by molar-refractivity contribution is -0.141. The molecule has 1 aliphatic carbocycles. The van der Waals surface area contributed by atoms with Gasteiger partial charge in [-0.15, -0.1) is 0 Å². The standard InChI is InChI=1S/C21H17F3N6O/c1-12-9-29(19(31)20(12,11-25)14-2-3-14)15-4-7-27-30-10-13(8-16(15)30)18-26-6-5-17(28-18)21(22,23)24/h4-8,10,12,14H,2-3,9H2,1H3/t12-,20+/m1/s1. The molecule has 10 heteroatoms. The van der Waals surface area contributed by atoms with Crippen molar-refractivity contribution in [2.75, 3.05) is 11.4 Å². The molecule has 2 fully saturated rings. The molecule has 0 spiro atoms. The third kappa shape index (κ3) is 2.87. The summed E-state index contributed by atoms with van der Waals surface area (Å²) in [6.45, 7) is 2.31. The summed E-state index contributed by atoms with van der Waals surface area (Å²) in [5.74, 6) is -0.372. The van der Waals surface area contributed by atoms with Gasteiger partial charge in [0.1, 0.15) is 11.1 Å². The Labute approximate surface area is 175 Å². The molecule has 3 aromatic rings. The van der Waals surface area contributed by atoms with Crippen molar-refractivity contribution in [2.45, 2.75) is 25.9 Å². The summed E-state index contributed by atoms with van der Waals surface area (Å²) in [5, 5.41) is 14.1. The Hall–Kier alpha value is -3.48. The first-order valence-corrected chi connectivity index (χ1v) is 9.87. The van der Waals surface area contributed by atoms with Crippen molar-refractivity contribution >= 4 is 17.1 Å². The number of halogens is 3. The van der Waals surface area contributed by atoms with Crippen molar-refractivity contribution in [1.29, 1.82) is 5.26 Å². The fraction of sp³-hybridized carbons (Fsp3) is 0.381. The van der Waals surface area contributed by atoms with E-state index in [9.17, 15) is 23.2 Å². The van der Waals surface area contributed by atoms with E-state index in [1.54, 1.807) is 17.0 Å². The molecule has 31 heavy (non-hydrogen) atoms. The van der Waals surface area contributed by atoms with E-state index < -0.39 is 17.3 Å². The van der Waals surface area contributed by atoms with Gasteiger partial charge in [-0.3, -0.25) is 4.79 Å².